The molecule has 6 nitrogen and oxygen atoms in total. The first kappa shape index (κ1) is 13.9. The number of anilines is 1. The first-order valence-corrected chi connectivity index (χ1v) is 6.05. The van der Waals surface area contributed by atoms with E-state index in [2.05, 4.69) is 4.98 Å². The largest absolute Gasteiger partial charge is 0.383 e. The van der Waals surface area contributed by atoms with Crippen molar-refractivity contribution in [3.63, 3.8) is 0 Å². The Bertz CT molecular complexity index is 348. The SMILES string of the molecule is COCCN(CCOC)C(=O)c1csc(N)n1. The number of hydrogen-bond acceptors (Lipinski definition) is 6. The van der Waals surface area contributed by atoms with E-state index in [1.165, 1.54) is 11.3 Å². The van der Waals surface area contributed by atoms with Crippen molar-refractivity contribution in [2.45, 2.75) is 0 Å². The van der Waals surface area contributed by atoms with Crippen LogP contribution in [-0.4, -0.2) is 56.3 Å². The van der Waals surface area contributed by atoms with Gasteiger partial charge in [0.05, 0.1) is 13.2 Å². The Morgan fingerprint density at radius 3 is 2.41 bits per heavy atom. The number of nitrogen functional groups attached to an aromatic ring is 1. The van der Waals surface area contributed by atoms with Crippen molar-refractivity contribution in [2.75, 3.05) is 46.3 Å². The van der Waals surface area contributed by atoms with Crippen molar-refractivity contribution in [3.05, 3.63) is 11.1 Å². The molecule has 1 amide bonds. The van der Waals surface area contributed by atoms with Gasteiger partial charge in [0.25, 0.3) is 5.91 Å². The molecule has 0 bridgehead atoms. The van der Waals surface area contributed by atoms with E-state index in [1.54, 1.807) is 24.5 Å². The lowest BCUT2D eigenvalue weighted by molar-refractivity contribution is 0.0622. The number of nitrogens with two attached hydrogens (primary N) is 1. The minimum Gasteiger partial charge on any atom is -0.383 e. The minimum absolute atomic E-state index is 0.146. The molecule has 1 aromatic rings. The van der Waals surface area contributed by atoms with Gasteiger partial charge in [0.15, 0.2) is 5.13 Å². The molecule has 0 fully saturated rings. The van der Waals surface area contributed by atoms with Crippen LogP contribution in [0.4, 0.5) is 5.13 Å². The van der Waals surface area contributed by atoms with E-state index in [4.69, 9.17) is 15.2 Å². The summed E-state index contributed by atoms with van der Waals surface area (Å²) in [7, 11) is 3.19. The van der Waals surface area contributed by atoms with Gasteiger partial charge in [-0.05, 0) is 0 Å². The van der Waals surface area contributed by atoms with Crippen LogP contribution in [0, 0.1) is 0 Å². The maximum atomic E-state index is 12.1. The predicted octanol–water partition coefficient (Wildman–Crippen LogP) is 0.460. The number of ether oxygens (including phenoxy) is 2. The van der Waals surface area contributed by atoms with E-state index in [9.17, 15) is 4.79 Å². The highest BCUT2D eigenvalue weighted by molar-refractivity contribution is 7.13. The molecule has 0 aromatic carbocycles. The standard InChI is InChI=1S/C10H17N3O3S/c1-15-5-3-13(4-6-16-2)9(14)8-7-17-10(11)12-8/h7H,3-6H2,1-2H3,(H2,11,12). The summed E-state index contributed by atoms with van der Waals surface area (Å²) in [6.07, 6.45) is 0. The van der Waals surface area contributed by atoms with Crippen LogP contribution >= 0.6 is 11.3 Å². The third-order valence-corrected chi connectivity index (χ3v) is 2.83. The molecule has 0 spiro atoms. The lowest BCUT2D eigenvalue weighted by Gasteiger charge is -2.20. The molecule has 0 aliphatic rings. The number of carbonyl (C=O) groups is 1. The molecule has 0 radical (unpaired) electrons. The van der Waals surface area contributed by atoms with E-state index in [1.807, 2.05) is 0 Å². The molecule has 0 unspecified atom stereocenters. The predicted molar refractivity (Wildman–Crippen MR) is 66.2 cm³/mol. The van der Waals surface area contributed by atoms with Crippen LogP contribution in [0.15, 0.2) is 5.38 Å². The van der Waals surface area contributed by atoms with Crippen molar-refractivity contribution in [1.82, 2.24) is 9.88 Å². The van der Waals surface area contributed by atoms with Crippen molar-refractivity contribution in [1.29, 1.82) is 0 Å². The number of amides is 1. The van der Waals surface area contributed by atoms with Crippen molar-refractivity contribution >= 4 is 22.4 Å². The van der Waals surface area contributed by atoms with E-state index in [-0.39, 0.29) is 5.91 Å². The number of nitrogens with zero attached hydrogens (tertiary/aromatic N) is 2. The molecule has 0 saturated carbocycles. The Kier molecular flexibility index (Phi) is 5.88. The molecular formula is C10H17N3O3S. The smallest absolute Gasteiger partial charge is 0.273 e. The second kappa shape index (κ2) is 7.21. The number of methoxy groups -OCH3 is 2. The quantitative estimate of drug-likeness (QED) is 0.769. The van der Waals surface area contributed by atoms with Crippen molar-refractivity contribution in [3.8, 4) is 0 Å². The van der Waals surface area contributed by atoms with Gasteiger partial charge in [0, 0.05) is 32.7 Å². The average molecular weight is 259 g/mol. The number of carbonyl (C=O) groups excluding carboxylic acids is 1. The third-order valence-electron chi connectivity index (χ3n) is 2.16. The highest BCUT2D eigenvalue weighted by Crippen LogP contribution is 2.13. The fraction of sp³-hybridized carbons (Fsp3) is 0.600. The fourth-order valence-corrected chi connectivity index (χ4v) is 1.80. The summed E-state index contributed by atoms with van der Waals surface area (Å²) in [4.78, 5) is 17.7. The lowest BCUT2D eigenvalue weighted by Crippen LogP contribution is -2.36. The Hall–Kier alpha value is -1.18. The minimum atomic E-state index is -0.146. The molecule has 0 aliphatic carbocycles. The summed E-state index contributed by atoms with van der Waals surface area (Å²) >= 11 is 1.25. The van der Waals surface area contributed by atoms with Crippen molar-refractivity contribution in [2.24, 2.45) is 0 Å². The first-order chi connectivity index (χ1) is 8.19. The summed E-state index contributed by atoms with van der Waals surface area (Å²) in [5.41, 5.74) is 5.88. The van der Waals surface area contributed by atoms with Crippen LogP contribution in [0.25, 0.3) is 0 Å². The van der Waals surface area contributed by atoms with E-state index in [0.717, 1.165) is 0 Å². The maximum absolute atomic E-state index is 12.1. The van der Waals surface area contributed by atoms with Gasteiger partial charge in [-0.1, -0.05) is 0 Å². The zero-order valence-corrected chi connectivity index (χ0v) is 10.8. The van der Waals surface area contributed by atoms with Crippen LogP contribution in [0.5, 0.6) is 0 Å². The zero-order valence-electron chi connectivity index (χ0n) is 10.0. The van der Waals surface area contributed by atoms with E-state index < -0.39 is 0 Å². The normalized spacial score (nSPS) is 10.5. The maximum Gasteiger partial charge on any atom is 0.273 e. The molecule has 0 aliphatic heterocycles. The number of aromatic nitrogens is 1. The average Bonchev–Trinajstić information content (AvgIpc) is 2.75. The molecule has 17 heavy (non-hydrogen) atoms. The van der Waals surface area contributed by atoms with Gasteiger partial charge in [-0.15, -0.1) is 11.3 Å². The van der Waals surface area contributed by atoms with Crippen LogP contribution < -0.4 is 5.73 Å². The van der Waals surface area contributed by atoms with Crippen molar-refractivity contribution < 1.29 is 14.3 Å². The van der Waals surface area contributed by atoms with E-state index in [0.29, 0.717) is 37.1 Å². The van der Waals surface area contributed by atoms with Crippen LogP contribution in [0.1, 0.15) is 10.5 Å². The van der Waals surface area contributed by atoms with Crippen LogP contribution in [-0.2, 0) is 9.47 Å². The molecule has 0 atom stereocenters. The molecular weight excluding hydrogens is 242 g/mol. The molecule has 1 rings (SSSR count). The van der Waals surface area contributed by atoms with Gasteiger partial charge in [-0.25, -0.2) is 4.98 Å². The lowest BCUT2D eigenvalue weighted by atomic mass is 10.3. The highest BCUT2D eigenvalue weighted by atomic mass is 32.1. The summed E-state index contributed by atoms with van der Waals surface area (Å²) in [6.45, 7) is 1.98. The van der Waals surface area contributed by atoms with Crippen LogP contribution in [0.2, 0.25) is 0 Å². The van der Waals surface area contributed by atoms with Gasteiger partial charge in [-0.3, -0.25) is 4.79 Å². The molecule has 96 valence electrons. The van der Waals surface area contributed by atoms with Gasteiger partial charge < -0.3 is 20.1 Å². The Morgan fingerprint density at radius 2 is 2.00 bits per heavy atom. The molecule has 1 aromatic heterocycles. The molecule has 1 heterocycles. The molecule has 7 heteroatoms. The second-order valence-corrected chi connectivity index (χ2v) is 4.24. The fourth-order valence-electron chi connectivity index (χ4n) is 1.27. The third kappa shape index (κ3) is 4.29. The van der Waals surface area contributed by atoms with Gasteiger partial charge >= 0.3 is 0 Å². The Balaban J connectivity index is 2.64. The summed E-state index contributed by atoms with van der Waals surface area (Å²) in [5, 5.41) is 2.05. The van der Waals surface area contributed by atoms with Gasteiger partial charge in [-0.2, -0.15) is 0 Å². The van der Waals surface area contributed by atoms with Gasteiger partial charge in [0.1, 0.15) is 5.69 Å². The second-order valence-electron chi connectivity index (χ2n) is 3.35. The highest BCUT2D eigenvalue weighted by Gasteiger charge is 2.17. The topological polar surface area (TPSA) is 77.7 Å². The number of rotatable bonds is 7. The summed E-state index contributed by atoms with van der Waals surface area (Å²) in [6, 6.07) is 0. The monoisotopic (exact) mass is 259 g/mol. The first-order valence-electron chi connectivity index (χ1n) is 5.17. The van der Waals surface area contributed by atoms with Gasteiger partial charge in [0.2, 0.25) is 0 Å². The summed E-state index contributed by atoms with van der Waals surface area (Å²) in [5.74, 6) is -0.146. The number of thiazole rings is 1. The molecule has 0 saturated heterocycles. The summed E-state index contributed by atoms with van der Waals surface area (Å²) < 4.78 is 9.93. The van der Waals surface area contributed by atoms with Crippen LogP contribution in [0.3, 0.4) is 0 Å². The van der Waals surface area contributed by atoms with E-state index >= 15 is 0 Å². The number of hydrogen-bond donors (Lipinski definition) is 1. The molecule has 2 N–H and O–H groups in total. The Labute approximate surface area is 104 Å². The zero-order chi connectivity index (χ0) is 12.7. The Morgan fingerprint density at radius 1 is 1.41 bits per heavy atom.